The molecule has 102 valence electrons. The molecule has 2 nitrogen and oxygen atoms in total. The first-order chi connectivity index (χ1) is 9.58. The Morgan fingerprint density at radius 2 is 1.70 bits per heavy atom. The number of nitrogens with two attached hydrogens (primary N) is 1. The van der Waals surface area contributed by atoms with E-state index in [1.807, 2.05) is 0 Å². The Balaban J connectivity index is 2.13. The number of furan rings is 1. The van der Waals surface area contributed by atoms with Crippen LogP contribution in [0.15, 0.2) is 46.9 Å². The third-order valence-corrected chi connectivity index (χ3v) is 3.43. The van der Waals surface area contributed by atoms with Crippen molar-refractivity contribution in [1.29, 1.82) is 0 Å². The van der Waals surface area contributed by atoms with Gasteiger partial charge in [0.25, 0.3) is 0 Å². The highest BCUT2D eigenvalue weighted by molar-refractivity contribution is 6.34. The van der Waals surface area contributed by atoms with Gasteiger partial charge in [0.2, 0.25) is 0 Å². The second kappa shape index (κ2) is 4.89. The van der Waals surface area contributed by atoms with Gasteiger partial charge in [0.15, 0.2) is 5.58 Å². The molecule has 0 saturated carbocycles. The van der Waals surface area contributed by atoms with E-state index in [1.54, 1.807) is 24.3 Å². The zero-order valence-corrected chi connectivity index (χ0v) is 11.0. The molecule has 1 aromatic heterocycles. The van der Waals surface area contributed by atoms with E-state index in [2.05, 4.69) is 0 Å². The molecule has 0 spiro atoms. The van der Waals surface area contributed by atoms with E-state index in [0.717, 1.165) is 17.5 Å². The summed E-state index contributed by atoms with van der Waals surface area (Å²) in [5.74, 6) is -1.15. The molecule has 20 heavy (non-hydrogen) atoms. The second-order valence-electron chi connectivity index (χ2n) is 4.42. The number of benzene rings is 2. The minimum absolute atomic E-state index is 0.220. The highest BCUT2D eigenvalue weighted by Gasteiger charge is 2.21. The van der Waals surface area contributed by atoms with E-state index in [0.29, 0.717) is 10.6 Å². The first-order valence-corrected chi connectivity index (χ1v) is 6.33. The normalized spacial score (nSPS) is 12.8. The number of halogens is 3. The van der Waals surface area contributed by atoms with Crippen molar-refractivity contribution in [2.45, 2.75) is 6.04 Å². The summed E-state index contributed by atoms with van der Waals surface area (Å²) in [6, 6.07) is 9.44. The summed E-state index contributed by atoms with van der Waals surface area (Å²) in [4.78, 5) is 0. The molecule has 0 aliphatic carbocycles. The van der Waals surface area contributed by atoms with Crippen molar-refractivity contribution in [2.24, 2.45) is 5.73 Å². The zero-order valence-electron chi connectivity index (χ0n) is 10.2. The molecule has 1 heterocycles. The van der Waals surface area contributed by atoms with Gasteiger partial charge in [-0.2, -0.15) is 0 Å². The van der Waals surface area contributed by atoms with E-state index < -0.39 is 17.7 Å². The molecule has 0 aliphatic rings. The topological polar surface area (TPSA) is 39.2 Å². The van der Waals surface area contributed by atoms with E-state index >= 15 is 0 Å². The van der Waals surface area contributed by atoms with Gasteiger partial charge in [-0.05, 0) is 24.3 Å². The molecule has 1 unspecified atom stereocenters. The summed E-state index contributed by atoms with van der Waals surface area (Å²) in [5, 5.41) is 1.16. The summed E-state index contributed by atoms with van der Waals surface area (Å²) < 4.78 is 33.0. The summed E-state index contributed by atoms with van der Waals surface area (Å²) in [6.45, 7) is 0. The zero-order chi connectivity index (χ0) is 14.3. The number of para-hydroxylation sites is 1. The van der Waals surface area contributed by atoms with Crippen molar-refractivity contribution in [3.8, 4) is 0 Å². The molecule has 0 radical (unpaired) electrons. The van der Waals surface area contributed by atoms with Crippen molar-refractivity contribution >= 4 is 22.6 Å². The molecule has 2 N–H and O–H groups in total. The summed E-state index contributed by atoms with van der Waals surface area (Å²) >= 11 is 6.00. The molecule has 0 saturated heterocycles. The Hall–Kier alpha value is -1.91. The highest BCUT2D eigenvalue weighted by Crippen LogP contribution is 2.32. The van der Waals surface area contributed by atoms with Crippen LogP contribution in [0, 0.1) is 11.6 Å². The van der Waals surface area contributed by atoms with Crippen molar-refractivity contribution in [3.63, 3.8) is 0 Å². The predicted molar refractivity (Wildman–Crippen MR) is 73.6 cm³/mol. The summed E-state index contributed by atoms with van der Waals surface area (Å²) in [6.07, 6.45) is 0. The lowest BCUT2D eigenvalue weighted by Gasteiger charge is -2.11. The molecule has 5 heteroatoms. The SMILES string of the molecule is NC(c1cc2cccc(Cl)c2o1)c1c(F)cccc1F. The van der Waals surface area contributed by atoms with Crippen molar-refractivity contribution in [1.82, 2.24) is 0 Å². The maximum absolute atomic E-state index is 13.7. The standard InChI is InChI=1S/C15H10ClF2NO/c16-9-4-1-3-8-7-12(20-15(8)9)14(19)13-10(17)5-2-6-11(13)18/h1-7,14H,19H2. The highest BCUT2D eigenvalue weighted by atomic mass is 35.5. The van der Waals surface area contributed by atoms with Gasteiger partial charge in [0.1, 0.15) is 17.4 Å². The minimum Gasteiger partial charge on any atom is -0.457 e. The van der Waals surface area contributed by atoms with Crippen LogP contribution in [-0.2, 0) is 0 Å². The maximum atomic E-state index is 13.7. The minimum atomic E-state index is -1.03. The van der Waals surface area contributed by atoms with Gasteiger partial charge < -0.3 is 10.2 Å². The average Bonchev–Trinajstić information content (AvgIpc) is 2.84. The van der Waals surface area contributed by atoms with Crippen LogP contribution >= 0.6 is 11.6 Å². The van der Waals surface area contributed by atoms with Gasteiger partial charge in [0.05, 0.1) is 11.1 Å². The second-order valence-corrected chi connectivity index (χ2v) is 4.83. The van der Waals surface area contributed by atoms with Gasteiger partial charge in [-0.3, -0.25) is 0 Å². The fourth-order valence-electron chi connectivity index (χ4n) is 2.15. The first kappa shape index (κ1) is 13.1. The van der Waals surface area contributed by atoms with Crippen molar-refractivity contribution in [2.75, 3.05) is 0 Å². The molecule has 0 fully saturated rings. The Bertz CT molecular complexity index is 764. The molecule has 2 aromatic carbocycles. The summed E-state index contributed by atoms with van der Waals surface area (Å²) in [5.41, 5.74) is 6.15. The van der Waals surface area contributed by atoms with Gasteiger partial charge in [-0.1, -0.05) is 29.8 Å². The van der Waals surface area contributed by atoms with Gasteiger partial charge in [0, 0.05) is 10.9 Å². The predicted octanol–water partition coefficient (Wildman–Crippen LogP) is 4.41. The van der Waals surface area contributed by atoms with Crippen LogP contribution in [0.25, 0.3) is 11.0 Å². The smallest absolute Gasteiger partial charge is 0.152 e. The number of hydrogen-bond acceptors (Lipinski definition) is 2. The van der Waals surface area contributed by atoms with Crippen LogP contribution in [0.5, 0.6) is 0 Å². The Morgan fingerprint density at radius 3 is 2.35 bits per heavy atom. The molecule has 0 amide bonds. The molecular weight excluding hydrogens is 284 g/mol. The molecule has 0 aliphatic heterocycles. The van der Waals surface area contributed by atoms with Crippen LogP contribution in [-0.4, -0.2) is 0 Å². The lowest BCUT2D eigenvalue weighted by Crippen LogP contribution is -2.14. The fourth-order valence-corrected chi connectivity index (χ4v) is 2.37. The molecule has 1 atom stereocenters. The largest absolute Gasteiger partial charge is 0.457 e. The molecule has 3 rings (SSSR count). The third kappa shape index (κ3) is 2.07. The van der Waals surface area contributed by atoms with Crippen molar-refractivity contribution in [3.05, 3.63) is 70.4 Å². The Labute approximate surface area is 118 Å². The van der Waals surface area contributed by atoms with Crippen LogP contribution in [0.4, 0.5) is 8.78 Å². The van der Waals surface area contributed by atoms with Crippen LogP contribution in [0.2, 0.25) is 5.02 Å². The van der Waals surface area contributed by atoms with E-state index in [1.165, 1.54) is 6.07 Å². The Kier molecular flexibility index (Phi) is 3.20. The molecular formula is C15H10ClF2NO. The fraction of sp³-hybridized carbons (Fsp3) is 0.0667. The van der Waals surface area contributed by atoms with Crippen LogP contribution < -0.4 is 5.73 Å². The van der Waals surface area contributed by atoms with E-state index in [-0.39, 0.29) is 11.3 Å². The number of rotatable bonds is 2. The van der Waals surface area contributed by atoms with Crippen LogP contribution in [0.3, 0.4) is 0 Å². The molecule has 3 aromatic rings. The van der Waals surface area contributed by atoms with Gasteiger partial charge in [-0.15, -0.1) is 0 Å². The van der Waals surface area contributed by atoms with Gasteiger partial charge >= 0.3 is 0 Å². The Morgan fingerprint density at radius 1 is 1.05 bits per heavy atom. The van der Waals surface area contributed by atoms with E-state index in [9.17, 15) is 8.78 Å². The number of hydrogen-bond donors (Lipinski definition) is 1. The average molecular weight is 294 g/mol. The first-order valence-electron chi connectivity index (χ1n) is 5.95. The lowest BCUT2D eigenvalue weighted by atomic mass is 10.0. The van der Waals surface area contributed by atoms with E-state index in [4.69, 9.17) is 21.8 Å². The quantitative estimate of drug-likeness (QED) is 0.760. The number of fused-ring (bicyclic) bond motifs is 1. The third-order valence-electron chi connectivity index (χ3n) is 3.13. The lowest BCUT2D eigenvalue weighted by molar-refractivity contribution is 0.488. The monoisotopic (exact) mass is 293 g/mol. The summed E-state index contributed by atoms with van der Waals surface area (Å²) in [7, 11) is 0. The van der Waals surface area contributed by atoms with Gasteiger partial charge in [-0.25, -0.2) is 8.78 Å². The van der Waals surface area contributed by atoms with Crippen LogP contribution in [0.1, 0.15) is 17.4 Å². The molecule has 0 bridgehead atoms. The van der Waals surface area contributed by atoms with Crippen molar-refractivity contribution < 1.29 is 13.2 Å². The maximum Gasteiger partial charge on any atom is 0.152 e.